The summed E-state index contributed by atoms with van der Waals surface area (Å²) in [6, 6.07) is 1.69. The maximum absolute atomic E-state index is 14.3. The number of carboxylic acids is 2. The Labute approximate surface area is 619 Å². The van der Waals surface area contributed by atoms with Crippen molar-refractivity contribution >= 4 is 111 Å². The summed E-state index contributed by atoms with van der Waals surface area (Å²) in [7, 11) is 0. The van der Waals surface area contributed by atoms with Crippen LogP contribution in [0.2, 0.25) is 0 Å². The lowest BCUT2D eigenvalue weighted by atomic mass is 9.90. The van der Waals surface area contributed by atoms with Crippen molar-refractivity contribution < 1.29 is 77.6 Å². The van der Waals surface area contributed by atoms with Crippen LogP contribution in [0.5, 0.6) is 5.75 Å². The average molecular weight is 1500 g/mol. The summed E-state index contributed by atoms with van der Waals surface area (Å²) < 4.78 is 5.92. The Hall–Kier alpha value is -10.7. The largest absolute Gasteiger partial charge is 0.508 e. The zero-order valence-corrected chi connectivity index (χ0v) is 61.8. The number of aliphatic imine (C=N–C) groups is 2. The fourth-order valence-electron chi connectivity index (χ4n) is 11.9. The Balaban J connectivity index is 1.12. The molecule has 22 N–H and O–H groups in total. The Morgan fingerprint density at radius 3 is 1.69 bits per heavy atom. The lowest BCUT2D eigenvalue weighted by Gasteiger charge is -2.30. The van der Waals surface area contributed by atoms with E-state index in [0.29, 0.717) is 60.0 Å². The minimum atomic E-state index is -1.66. The van der Waals surface area contributed by atoms with E-state index in [4.69, 9.17) is 39.6 Å². The van der Waals surface area contributed by atoms with Gasteiger partial charge in [0.2, 0.25) is 53.2 Å². The number of amides is 9. The quantitative estimate of drug-likeness (QED) is 0.00970. The molecular weight excluding hydrogens is 1390 g/mol. The number of aliphatic hydroxyl groups excluding tert-OH is 1. The molecule has 0 radical (unpaired) electrons. The number of rotatable bonds is 41. The average Bonchev–Trinajstić information content (AvgIpc) is 0.836. The molecule has 9 amide bonds. The SMILES string of the molecule is CC(C)C[C@H](NC(=O)[C@H](C)NC(=O)CCCCCNC(=S)Nc1ccc(-c2c3ccc(=O)cc-3oc3cc(O)ccc23)c(C(=O)O)c1)C(=O)N[C@@H](CC(C)C)C(=O)N[C@@H](CC(C)C)C(=O)N[C@@H](CO)C(=O)N[C@@H](C)C(=O)N1CCC[C@H]1C(=O)N[C@@H](CCCN=C(N)N)C(=O)N[C@@H](CCCN=C(N)N)C(=O)O. The topological polar surface area (TPSA) is 551 Å². The molecule has 0 bridgehead atoms. The summed E-state index contributed by atoms with van der Waals surface area (Å²) in [6.45, 7) is 13.3. The number of phenols is 1. The van der Waals surface area contributed by atoms with Gasteiger partial charge in [-0.1, -0.05) is 54.0 Å². The number of aliphatic carboxylic acids is 1. The Morgan fingerprint density at radius 2 is 1.13 bits per heavy atom. The molecule has 2 aromatic carbocycles. The molecule has 0 saturated carbocycles. The van der Waals surface area contributed by atoms with Crippen LogP contribution in [0.3, 0.4) is 0 Å². The number of nitrogens with two attached hydrogens (primary N) is 4. The van der Waals surface area contributed by atoms with Crippen LogP contribution in [0.15, 0.2) is 73.8 Å². The van der Waals surface area contributed by atoms with E-state index in [0.717, 1.165) is 0 Å². The third kappa shape index (κ3) is 27.1. The number of fused-ring (bicyclic) bond motifs is 2. The molecule has 0 aromatic heterocycles. The van der Waals surface area contributed by atoms with Crippen LogP contribution in [-0.4, -0.2) is 195 Å². The molecular formula is C71H103N17O17S. The van der Waals surface area contributed by atoms with Gasteiger partial charge in [0.25, 0.3) is 0 Å². The number of likely N-dealkylation sites (tertiary alicyclic amines) is 1. The first kappa shape index (κ1) is 85.9. The number of anilines is 1. The molecule has 1 fully saturated rings. The third-order valence-electron chi connectivity index (χ3n) is 17.1. The molecule has 2 aromatic rings. The highest BCUT2D eigenvalue weighted by atomic mass is 32.1. The number of aromatic carboxylic acids is 1. The normalized spacial score (nSPS) is 14.9. The molecule has 0 spiro atoms. The van der Waals surface area contributed by atoms with E-state index in [1.54, 1.807) is 52.0 Å². The number of thiocarbonyl (C=S) groups is 1. The number of carboxylic acid groups (broad SMARTS) is 2. The van der Waals surface area contributed by atoms with Gasteiger partial charge in [-0.15, -0.1) is 0 Å². The number of guanidine groups is 2. The van der Waals surface area contributed by atoms with Gasteiger partial charge in [0.05, 0.1) is 12.2 Å². The van der Waals surface area contributed by atoms with Crippen LogP contribution in [0.1, 0.15) is 149 Å². The predicted octanol–water partition coefficient (Wildman–Crippen LogP) is 1.05. The van der Waals surface area contributed by atoms with Crippen molar-refractivity contribution in [3.8, 4) is 28.2 Å². The predicted molar refractivity (Wildman–Crippen MR) is 400 cm³/mol. The van der Waals surface area contributed by atoms with E-state index in [1.807, 2.05) is 13.8 Å². The molecule has 1 saturated heterocycles. The van der Waals surface area contributed by atoms with Crippen molar-refractivity contribution in [2.24, 2.45) is 50.7 Å². The summed E-state index contributed by atoms with van der Waals surface area (Å²) in [4.78, 5) is 171. The maximum atomic E-state index is 14.3. The highest BCUT2D eigenvalue weighted by Gasteiger charge is 2.40. The van der Waals surface area contributed by atoms with Crippen LogP contribution >= 0.6 is 12.2 Å². The number of aromatic hydroxyl groups is 1. The number of hydrogen-bond donors (Lipinski definition) is 18. The lowest BCUT2D eigenvalue weighted by Crippen LogP contribution is -2.60. The molecule has 9 atom stereocenters. The molecule has 580 valence electrons. The number of nitrogens with zero attached hydrogens (tertiary/aromatic N) is 3. The van der Waals surface area contributed by atoms with Gasteiger partial charge < -0.3 is 106 Å². The molecule has 2 aliphatic heterocycles. The third-order valence-corrected chi connectivity index (χ3v) is 17.4. The van der Waals surface area contributed by atoms with Gasteiger partial charge in [0.1, 0.15) is 71.5 Å². The van der Waals surface area contributed by atoms with E-state index in [2.05, 4.69) is 63.2 Å². The van der Waals surface area contributed by atoms with Crippen molar-refractivity contribution in [1.29, 1.82) is 0 Å². The minimum absolute atomic E-state index is 0.0247. The first-order valence-corrected chi connectivity index (χ1v) is 35.8. The number of unbranched alkanes of at least 4 members (excludes halogenated alkanes) is 2. The second kappa shape index (κ2) is 41.7. The molecule has 3 aliphatic rings. The molecule has 0 unspecified atom stereocenters. The Bertz CT molecular complexity index is 3880. The van der Waals surface area contributed by atoms with E-state index in [-0.39, 0.29) is 140 Å². The van der Waals surface area contributed by atoms with Gasteiger partial charge in [-0.3, -0.25) is 57.9 Å². The molecule has 2 heterocycles. The number of hydrogen-bond acceptors (Lipinski definition) is 18. The van der Waals surface area contributed by atoms with E-state index >= 15 is 0 Å². The van der Waals surface area contributed by atoms with Crippen LogP contribution < -0.4 is 81.5 Å². The number of phenolic OH excluding ortho intramolecular Hbond substituents is 1. The van der Waals surface area contributed by atoms with Crippen LogP contribution in [0.4, 0.5) is 5.69 Å². The van der Waals surface area contributed by atoms with E-state index in [9.17, 15) is 78.0 Å². The van der Waals surface area contributed by atoms with Crippen molar-refractivity contribution in [2.75, 3.05) is 38.1 Å². The first-order valence-electron chi connectivity index (χ1n) is 35.4. The number of carbonyl (C=O) groups excluding carboxylic acids is 9. The highest BCUT2D eigenvalue weighted by molar-refractivity contribution is 7.80. The number of benzene rings is 3. The molecule has 106 heavy (non-hydrogen) atoms. The van der Waals surface area contributed by atoms with Crippen molar-refractivity contribution in [2.45, 2.75) is 193 Å². The molecule has 1 aliphatic carbocycles. The van der Waals surface area contributed by atoms with Crippen molar-refractivity contribution in [3.05, 3.63) is 70.4 Å². The summed E-state index contributed by atoms with van der Waals surface area (Å²) in [5.74, 6) is -10.2. The zero-order valence-electron chi connectivity index (χ0n) is 61.0. The fourth-order valence-corrected chi connectivity index (χ4v) is 12.1. The smallest absolute Gasteiger partial charge is 0.336 e. The molecule has 5 rings (SSSR count). The monoisotopic (exact) mass is 1500 g/mol. The summed E-state index contributed by atoms with van der Waals surface area (Å²) in [6.07, 6.45) is 2.67. The van der Waals surface area contributed by atoms with Crippen molar-refractivity contribution in [3.63, 3.8) is 0 Å². The minimum Gasteiger partial charge on any atom is -0.508 e. The Kier molecular flexibility index (Phi) is 33.8. The van der Waals surface area contributed by atoms with Gasteiger partial charge >= 0.3 is 11.9 Å². The molecule has 35 heteroatoms. The van der Waals surface area contributed by atoms with Gasteiger partial charge in [-0.05, 0) is 156 Å². The van der Waals surface area contributed by atoms with Gasteiger partial charge in [-0.2, -0.15) is 0 Å². The maximum Gasteiger partial charge on any atom is 0.336 e. The fraction of sp³-hybridized carbons (Fsp3) is 0.535. The second-order valence-corrected chi connectivity index (χ2v) is 27.9. The first-order chi connectivity index (χ1) is 50.1. The number of nitrogens with one attached hydrogen (secondary N) is 10. The lowest BCUT2D eigenvalue weighted by molar-refractivity contribution is -0.143. The Morgan fingerprint density at radius 1 is 0.594 bits per heavy atom. The van der Waals surface area contributed by atoms with Gasteiger partial charge in [0, 0.05) is 66.9 Å². The van der Waals surface area contributed by atoms with Gasteiger partial charge in [-0.25, -0.2) is 9.59 Å². The summed E-state index contributed by atoms with van der Waals surface area (Å²) >= 11 is 5.51. The standard InChI is InChI=1S/C71H103N17O17S/c1-36(2)29-50(84-59(93)39(7)79-57(92)18-10-9-11-25-78-71(106)81-41-19-22-44(47(32-41)67(101)102)58-45-23-20-42(90)33-55(45)105-56-34-43(91)21-24-46(56)58)61(95)85-51(30-37(3)4)62(96)86-52(31-38(5)6)63(97)87-53(35-89)64(98)80-40(8)66(100)88-28-14-17-54(88)65(99)82-48(15-12-26-76-69(72)73)60(94)83-49(68(103)104)16-13-27-77-70(74)75/h19-24,32-34,36-40,48-54,89-90H,9-18,25-31,35H2,1-8H3,(H,79,92)(H,80,98)(H,82,99)(H,83,94)(H,84,93)(H,85,95)(H,86,96)(H,87,97)(H,101,102)(H,103,104)(H4,72,73,76)(H4,74,75,77)(H2,78,81,106)/t39-,40-,48-,49-,50-,51-,52-,53-,54-/m0/s1. The molecule has 34 nitrogen and oxygen atoms in total. The van der Waals surface area contributed by atoms with Crippen molar-refractivity contribution in [1.82, 2.24) is 52.8 Å². The second-order valence-electron chi connectivity index (χ2n) is 27.5. The summed E-state index contributed by atoms with van der Waals surface area (Å²) in [5.41, 5.74) is 23.2. The van der Waals surface area contributed by atoms with E-state index < -0.39 is 126 Å². The van der Waals surface area contributed by atoms with Crippen LogP contribution in [-0.2, 0) is 47.9 Å². The zero-order chi connectivity index (χ0) is 78.6. The van der Waals surface area contributed by atoms with Crippen LogP contribution in [0.25, 0.3) is 33.4 Å². The van der Waals surface area contributed by atoms with Gasteiger partial charge in [0.15, 0.2) is 22.5 Å². The highest BCUT2D eigenvalue weighted by Crippen LogP contribution is 2.42. The number of aliphatic hydroxyl groups is 1. The summed E-state index contributed by atoms with van der Waals surface area (Å²) in [5, 5.41) is 68.5. The number of carbonyl (C=O) groups is 11. The van der Waals surface area contributed by atoms with E-state index in [1.165, 1.54) is 49.1 Å². The van der Waals surface area contributed by atoms with Crippen LogP contribution in [0, 0.1) is 17.8 Å².